The molecule has 226 valence electrons. The van der Waals surface area contributed by atoms with Crippen LogP contribution in [0.3, 0.4) is 0 Å². The van der Waals surface area contributed by atoms with E-state index in [2.05, 4.69) is 27.6 Å². The fourth-order valence-corrected chi connectivity index (χ4v) is 5.85. The summed E-state index contributed by atoms with van der Waals surface area (Å²) in [6, 6.07) is 7.51. The van der Waals surface area contributed by atoms with E-state index in [0.717, 1.165) is 12.1 Å². The number of rotatable bonds is 6. The van der Waals surface area contributed by atoms with Crippen molar-refractivity contribution >= 4 is 22.8 Å². The predicted octanol–water partition coefficient (Wildman–Crippen LogP) is 4.76. The summed E-state index contributed by atoms with van der Waals surface area (Å²) in [5, 5.41) is 20.3. The molecule has 0 spiro atoms. The second kappa shape index (κ2) is 11.8. The van der Waals surface area contributed by atoms with Gasteiger partial charge in [0.2, 0.25) is 5.91 Å². The molecule has 44 heavy (non-hydrogen) atoms. The van der Waals surface area contributed by atoms with Crippen LogP contribution in [-0.4, -0.2) is 60.6 Å². The van der Waals surface area contributed by atoms with E-state index in [4.69, 9.17) is 0 Å². The van der Waals surface area contributed by atoms with E-state index < -0.39 is 46.4 Å². The Kier molecular flexibility index (Phi) is 8.15. The van der Waals surface area contributed by atoms with Gasteiger partial charge in [-0.25, -0.2) is 23.1 Å². The molecule has 1 aromatic carbocycles. The zero-order valence-corrected chi connectivity index (χ0v) is 24.8. The number of aromatic nitrogens is 4. The lowest BCUT2D eigenvalue weighted by molar-refractivity contribution is -0.127. The number of nitrogens with zero attached hydrogens (tertiary/aromatic N) is 7. The highest BCUT2D eigenvalue weighted by Crippen LogP contribution is 2.37. The predicted molar refractivity (Wildman–Crippen MR) is 162 cm³/mol. The average molecular weight is 600 g/mol. The zero-order chi connectivity index (χ0) is 31.9. The van der Waals surface area contributed by atoms with Crippen molar-refractivity contribution in [1.82, 2.24) is 24.4 Å². The van der Waals surface area contributed by atoms with Crippen molar-refractivity contribution in [3.8, 4) is 28.8 Å². The van der Waals surface area contributed by atoms with Gasteiger partial charge in [-0.15, -0.1) is 0 Å². The van der Waals surface area contributed by atoms with E-state index in [9.17, 15) is 20.0 Å². The normalized spacial score (nSPS) is 16.8. The molecule has 2 atom stereocenters. The Bertz CT molecular complexity index is 1880. The van der Waals surface area contributed by atoms with Crippen molar-refractivity contribution in [2.45, 2.75) is 52.1 Å². The van der Waals surface area contributed by atoms with Gasteiger partial charge in [0.1, 0.15) is 23.1 Å². The Hall–Kier alpha value is -5.18. The molecule has 4 heterocycles. The van der Waals surface area contributed by atoms with Crippen molar-refractivity contribution in [2.24, 2.45) is 0 Å². The topological polar surface area (TPSA) is 128 Å². The minimum atomic E-state index is -0.955. The third-order valence-corrected chi connectivity index (χ3v) is 7.80. The number of carbonyl (C=O) groups excluding carboxylic acids is 1. The largest absolute Gasteiger partial charge is 0.507 e. The first kappa shape index (κ1) is 30.3. The number of halogens is 2. The van der Waals surface area contributed by atoms with Gasteiger partial charge < -0.3 is 14.9 Å². The molecule has 1 fully saturated rings. The molecule has 3 aromatic heterocycles. The highest BCUT2D eigenvalue weighted by molar-refractivity contribution is 5.92. The van der Waals surface area contributed by atoms with Crippen LogP contribution in [0.5, 0.6) is 5.75 Å². The van der Waals surface area contributed by atoms with E-state index in [0.29, 0.717) is 16.9 Å². The number of phenolic OH excluding ortho intramolecular Hbond substituents is 1. The maximum atomic E-state index is 16.0. The number of nitriles is 1. The second-order valence-electron chi connectivity index (χ2n) is 11.1. The standard InChI is InChI=1S/C32H31F2N7O3/c1-6-25(43)39-15-19(5)40(20(16-39)10-12-35)31-21-14-23(34)28(26-22(33)8-7-9-24(26)42)37-30(21)41(32(44)38-31)29-18(4)11-13-36-27(29)17(2)3/h6-9,11,13-14,17,19-20,42H,1,10,15-16H2,2-5H3/t19-,20?/m0/s1. The molecule has 5 rings (SSSR count). The van der Waals surface area contributed by atoms with Crippen molar-refractivity contribution in [3.63, 3.8) is 0 Å². The Morgan fingerprint density at radius 3 is 2.64 bits per heavy atom. The number of benzene rings is 1. The Balaban J connectivity index is 1.88. The summed E-state index contributed by atoms with van der Waals surface area (Å²) in [6.07, 6.45) is 2.80. The van der Waals surface area contributed by atoms with Gasteiger partial charge in [0, 0.05) is 25.3 Å². The molecule has 1 aliphatic rings. The number of carbonyl (C=O) groups is 1. The number of hydrogen-bond donors (Lipinski definition) is 1. The smallest absolute Gasteiger partial charge is 0.355 e. The Morgan fingerprint density at radius 2 is 1.98 bits per heavy atom. The number of aromatic hydroxyl groups is 1. The molecule has 1 aliphatic heterocycles. The Morgan fingerprint density at radius 1 is 1.23 bits per heavy atom. The SMILES string of the molecule is C=CC(=O)N1CC(CC#N)N(c2nc(=O)n(-c3c(C)ccnc3C(C)C)c3nc(-c4c(O)cccc4F)c(F)cc23)[C@@H](C)C1. The number of phenols is 1. The van der Waals surface area contributed by atoms with Gasteiger partial charge in [-0.1, -0.05) is 26.5 Å². The first-order chi connectivity index (χ1) is 21.0. The van der Waals surface area contributed by atoms with Crippen LogP contribution in [0.15, 0.2) is 54.0 Å². The van der Waals surface area contributed by atoms with Crippen LogP contribution in [0.4, 0.5) is 14.6 Å². The van der Waals surface area contributed by atoms with Crippen LogP contribution in [0.1, 0.15) is 44.4 Å². The van der Waals surface area contributed by atoms with Gasteiger partial charge in [0.05, 0.1) is 40.9 Å². The molecule has 12 heteroatoms. The summed E-state index contributed by atoms with van der Waals surface area (Å²) >= 11 is 0. The quantitative estimate of drug-likeness (QED) is 0.314. The zero-order valence-electron chi connectivity index (χ0n) is 24.8. The molecule has 0 aliphatic carbocycles. The fourth-order valence-electron chi connectivity index (χ4n) is 5.85. The van der Waals surface area contributed by atoms with Gasteiger partial charge in [0.25, 0.3) is 0 Å². The van der Waals surface area contributed by atoms with Crippen molar-refractivity contribution in [3.05, 3.63) is 82.6 Å². The molecule has 0 bridgehead atoms. The number of pyridine rings is 2. The van der Waals surface area contributed by atoms with E-state index >= 15 is 8.78 Å². The maximum Gasteiger partial charge on any atom is 0.355 e. The molecule has 0 saturated carbocycles. The number of amides is 1. The molecule has 1 unspecified atom stereocenters. The molecular formula is C32H31F2N7O3. The van der Waals surface area contributed by atoms with Crippen LogP contribution >= 0.6 is 0 Å². The van der Waals surface area contributed by atoms with Gasteiger partial charge in [0.15, 0.2) is 11.5 Å². The van der Waals surface area contributed by atoms with Crippen molar-refractivity contribution < 1.29 is 18.7 Å². The third-order valence-electron chi connectivity index (χ3n) is 7.80. The average Bonchev–Trinajstić information content (AvgIpc) is 2.97. The maximum absolute atomic E-state index is 16.0. The number of hydrogen-bond acceptors (Lipinski definition) is 8. The lowest BCUT2D eigenvalue weighted by atomic mass is 10.0. The van der Waals surface area contributed by atoms with Crippen LogP contribution in [0, 0.1) is 29.9 Å². The van der Waals surface area contributed by atoms with Crippen LogP contribution in [-0.2, 0) is 4.79 Å². The second-order valence-corrected chi connectivity index (χ2v) is 11.1. The molecule has 10 nitrogen and oxygen atoms in total. The lowest BCUT2D eigenvalue weighted by Gasteiger charge is -2.45. The lowest BCUT2D eigenvalue weighted by Crippen LogP contribution is -2.59. The van der Waals surface area contributed by atoms with Crippen molar-refractivity contribution in [1.29, 1.82) is 5.26 Å². The summed E-state index contributed by atoms with van der Waals surface area (Å²) in [5.74, 6) is -2.73. The number of aryl methyl sites for hydroxylation is 1. The first-order valence-electron chi connectivity index (χ1n) is 14.1. The Labute approximate surface area is 252 Å². The van der Waals surface area contributed by atoms with Crippen LogP contribution < -0.4 is 10.6 Å². The molecule has 4 aromatic rings. The summed E-state index contributed by atoms with van der Waals surface area (Å²) in [5.41, 5.74) is -0.0858. The fraction of sp³-hybridized carbons (Fsp3) is 0.312. The molecule has 1 saturated heterocycles. The van der Waals surface area contributed by atoms with Gasteiger partial charge in [-0.2, -0.15) is 10.2 Å². The molecule has 1 amide bonds. The highest BCUT2D eigenvalue weighted by atomic mass is 19.1. The number of anilines is 1. The van der Waals surface area contributed by atoms with E-state index in [1.807, 2.05) is 20.8 Å². The van der Waals surface area contributed by atoms with E-state index in [1.165, 1.54) is 22.8 Å². The highest BCUT2D eigenvalue weighted by Gasteiger charge is 2.37. The van der Waals surface area contributed by atoms with Crippen molar-refractivity contribution in [2.75, 3.05) is 18.0 Å². The summed E-state index contributed by atoms with van der Waals surface area (Å²) < 4.78 is 32.2. The number of piperazine rings is 1. The minimum Gasteiger partial charge on any atom is -0.507 e. The summed E-state index contributed by atoms with van der Waals surface area (Å²) in [7, 11) is 0. The van der Waals surface area contributed by atoms with Gasteiger partial charge >= 0.3 is 5.69 Å². The third kappa shape index (κ3) is 5.15. The number of fused-ring (bicyclic) bond motifs is 1. The molecule has 1 N–H and O–H groups in total. The van der Waals surface area contributed by atoms with E-state index in [1.54, 1.807) is 29.0 Å². The summed E-state index contributed by atoms with van der Waals surface area (Å²) in [4.78, 5) is 43.3. The molecular weight excluding hydrogens is 568 g/mol. The van der Waals surface area contributed by atoms with E-state index in [-0.39, 0.29) is 48.2 Å². The van der Waals surface area contributed by atoms with Gasteiger partial charge in [-0.05, 0) is 55.7 Å². The summed E-state index contributed by atoms with van der Waals surface area (Å²) in [6.45, 7) is 11.4. The monoisotopic (exact) mass is 599 g/mol. The first-order valence-corrected chi connectivity index (χ1v) is 14.1. The van der Waals surface area contributed by atoms with Crippen LogP contribution in [0.25, 0.3) is 28.0 Å². The minimum absolute atomic E-state index is 0.0200. The van der Waals surface area contributed by atoms with Gasteiger partial charge in [-0.3, -0.25) is 9.78 Å². The van der Waals surface area contributed by atoms with Crippen LogP contribution in [0.2, 0.25) is 0 Å². The molecule has 0 radical (unpaired) electrons.